The second-order valence-corrected chi connectivity index (χ2v) is 4.67. The summed E-state index contributed by atoms with van der Waals surface area (Å²) in [5, 5.41) is 10.5. The Labute approximate surface area is 139 Å². The van der Waals surface area contributed by atoms with Gasteiger partial charge in [-0.1, -0.05) is 37.3 Å². The number of benzene rings is 2. The first-order valence-electron chi connectivity index (χ1n) is 7.22. The van der Waals surface area contributed by atoms with Crippen LogP contribution in [-0.4, -0.2) is 23.4 Å². The Morgan fingerprint density at radius 3 is 2.00 bits per heavy atom. The maximum absolute atomic E-state index is 12.0. The summed E-state index contributed by atoms with van der Waals surface area (Å²) in [7, 11) is 0. The lowest BCUT2D eigenvalue weighted by Gasteiger charge is -2.00. The standard InChI is InChI=1S/C13H9NO3.C4H9NO2/c15-13(10-4-2-1-3-5-10)11-6-8-12(9-7-11)14(16)17;1-2-3-7-4(5)6/h1-9H;2-3H2,1H3,(H2,5,6). The molecule has 2 N–H and O–H groups in total. The van der Waals surface area contributed by atoms with Crippen LogP contribution in [0.1, 0.15) is 29.3 Å². The molecule has 0 saturated heterocycles. The maximum Gasteiger partial charge on any atom is 0.404 e. The molecule has 0 aliphatic rings. The van der Waals surface area contributed by atoms with Gasteiger partial charge in [0.25, 0.3) is 5.69 Å². The molecule has 126 valence electrons. The number of carbonyl (C=O) groups is 2. The zero-order chi connectivity index (χ0) is 17.9. The highest BCUT2D eigenvalue weighted by atomic mass is 16.6. The van der Waals surface area contributed by atoms with Gasteiger partial charge in [0.2, 0.25) is 0 Å². The third-order valence-corrected chi connectivity index (χ3v) is 2.82. The normalized spacial score (nSPS) is 9.38. The molecule has 0 atom stereocenters. The van der Waals surface area contributed by atoms with Gasteiger partial charge in [0.15, 0.2) is 5.78 Å². The Kier molecular flexibility index (Phi) is 7.63. The molecule has 0 aliphatic heterocycles. The molecule has 0 unspecified atom stereocenters. The zero-order valence-electron chi connectivity index (χ0n) is 13.2. The van der Waals surface area contributed by atoms with Gasteiger partial charge in [-0.25, -0.2) is 4.79 Å². The molecule has 0 aromatic heterocycles. The number of nitro benzene ring substituents is 1. The van der Waals surface area contributed by atoms with Gasteiger partial charge < -0.3 is 10.5 Å². The number of amides is 1. The molecule has 0 radical (unpaired) electrons. The van der Waals surface area contributed by atoms with Gasteiger partial charge in [-0.05, 0) is 18.6 Å². The first-order chi connectivity index (χ1) is 11.5. The van der Waals surface area contributed by atoms with Crippen molar-refractivity contribution in [3.05, 3.63) is 75.8 Å². The monoisotopic (exact) mass is 330 g/mol. The number of rotatable bonds is 5. The number of nitrogens with zero attached hydrogens (tertiary/aromatic N) is 1. The number of hydrogen-bond acceptors (Lipinski definition) is 5. The highest BCUT2D eigenvalue weighted by molar-refractivity contribution is 6.09. The molecule has 2 aromatic carbocycles. The van der Waals surface area contributed by atoms with E-state index in [1.165, 1.54) is 24.3 Å². The SMILES string of the molecule is CCCOC(N)=O.O=C(c1ccccc1)c1ccc([N+](=O)[O-])cc1. The Bertz CT molecular complexity index is 684. The number of nitrogens with two attached hydrogens (primary N) is 1. The molecule has 7 nitrogen and oxygen atoms in total. The van der Waals surface area contributed by atoms with E-state index in [1.54, 1.807) is 24.3 Å². The van der Waals surface area contributed by atoms with Gasteiger partial charge in [0.1, 0.15) is 0 Å². The molecule has 0 bridgehead atoms. The summed E-state index contributed by atoms with van der Waals surface area (Å²) in [5.74, 6) is -0.138. The van der Waals surface area contributed by atoms with Crippen LogP contribution in [0.3, 0.4) is 0 Å². The van der Waals surface area contributed by atoms with Crippen molar-refractivity contribution >= 4 is 17.6 Å². The van der Waals surface area contributed by atoms with Crippen molar-refractivity contribution in [3.8, 4) is 0 Å². The Morgan fingerprint density at radius 2 is 1.58 bits per heavy atom. The first kappa shape index (κ1) is 18.8. The molecule has 1 amide bonds. The second kappa shape index (κ2) is 9.73. The lowest BCUT2D eigenvalue weighted by molar-refractivity contribution is -0.384. The number of ether oxygens (including phenoxy) is 1. The molecule has 0 spiro atoms. The zero-order valence-corrected chi connectivity index (χ0v) is 13.2. The largest absolute Gasteiger partial charge is 0.450 e. The summed E-state index contributed by atoms with van der Waals surface area (Å²) >= 11 is 0. The molecule has 0 saturated carbocycles. The van der Waals surface area contributed by atoms with Gasteiger partial charge in [-0.15, -0.1) is 0 Å². The first-order valence-corrected chi connectivity index (χ1v) is 7.22. The van der Waals surface area contributed by atoms with Crippen LogP contribution in [0, 0.1) is 10.1 Å². The minimum absolute atomic E-state index is 0.0189. The molecule has 0 fully saturated rings. The molecule has 0 aliphatic carbocycles. The van der Waals surface area contributed by atoms with Crippen LogP contribution in [0.5, 0.6) is 0 Å². The van der Waals surface area contributed by atoms with Crippen molar-refractivity contribution in [2.24, 2.45) is 5.73 Å². The number of carbonyl (C=O) groups excluding carboxylic acids is 2. The fourth-order valence-electron chi connectivity index (χ4n) is 1.69. The van der Waals surface area contributed by atoms with Crippen LogP contribution in [0.15, 0.2) is 54.6 Å². The minimum atomic E-state index is -0.693. The highest BCUT2D eigenvalue weighted by Gasteiger charge is 2.10. The van der Waals surface area contributed by atoms with Crippen molar-refractivity contribution < 1.29 is 19.2 Å². The van der Waals surface area contributed by atoms with Crippen molar-refractivity contribution in [2.75, 3.05) is 6.61 Å². The smallest absolute Gasteiger partial charge is 0.404 e. The van der Waals surface area contributed by atoms with Crippen molar-refractivity contribution in [1.29, 1.82) is 0 Å². The van der Waals surface area contributed by atoms with Gasteiger partial charge in [-0.2, -0.15) is 0 Å². The Balaban J connectivity index is 0.000000351. The van der Waals surface area contributed by atoms with E-state index >= 15 is 0 Å². The topological polar surface area (TPSA) is 113 Å². The summed E-state index contributed by atoms with van der Waals surface area (Å²) < 4.78 is 4.33. The van der Waals surface area contributed by atoms with Crippen molar-refractivity contribution in [3.63, 3.8) is 0 Å². The molecular formula is C17H18N2O5. The number of primary amides is 1. The van der Waals surface area contributed by atoms with Crippen LogP contribution < -0.4 is 5.73 Å². The van der Waals surface area contributed by atoms with E-state index in [9.17, 15) is 19.7 Å². The van der Waals surface area contributed by atoms with E-state index in [1.807, 2.05) is 13.0 Å². The summed E-state index contributed by atoms with van der Waals surface area (Å²) in [5.41, 5.74) is 5.62. The highest BCUT2D eigenvalue weighted by Crippen LogP contribution is 2.15. The van der Waals surface area contributed by atoms with Gasteiger partial charge in [0.05, 0.1) is 11.5 Å². The van der Waals surface area contributed by atoms with Crippen LogP contribution in [-0.2, 0) is 4.74 Å². The van der Waals surface area contributed by atoms with Crippen molar-refractivity contribution in [2.45, 2.75) is 13.3 Å². The van der Waals surface area contributed by atoms with E-state index in [4.69, 9.17) is 0 Å². The van der Waals surface area contributed by atoms with E-state index < -0.39 is 11.0 Å². The predicted molar refractivity (Wildman–Crippen MR) is 88.8 cm³/mol. The fourth-order valence-corrected chi connectivity index (χ4v) is 1.69. The number of non-ortho nitro benzene ring substituents is 1. The van der Waals surface area contributed by atoms with E-state index in [2.05, 4.69) is 10.5 Å². The maximum atomic E-state index is 12.0. The average Bonchev–Trinajstić information content (AvgIpc) is 2.60. The Hall–Kier alpha value is -3.22. The number of hydrogen-bond donors (Lipinski definition) is 1. The van der Waals surface area contributed by atoms with Crippen molar-refractivity contribution in [1.82, 2.24) is 0 Å². The molecule has 7 heteroatoms. The third-order valence-electron chi connectivity index (χ3n) is 2.82. The average molecular weight is 330 g/mol. The molecule has 2 rings (SSSR count). The molecule has 24 heavy (non-hydrogen) atoms. The van der Waals surface area contributed by atoms with Crippen LogP contribution in [0.2, 0.25) is 0 Å². The molecule has 0 heterocycles. The van der Waals surface area contributed by atoms with Crippen LogP contribution >= 0.6 is 0 Å². The number of ketones is 1. The third kappa shape index (κ3) is 6.27. The Morgan fingerprint density at radius 1 is 1.04 bits per heavy atom. The van der Waals surface area contributed by atoms with E-state index in [0.29, 0.717) is 17.7 Å². The second-order valence-electron chi connectivity index (χ2n) is 4.67. The minimum Gasteiger partial charge on any atom is -0.450 e. The lowest BCUT2D eigenvalue weighted by Crippen LogP contribution is -2.12. The van der Waals surface area contributed by atoms with Gasteiger partial charge in [-0.3, -0.25) is 14.9 Å². The van der Waals surface area contributed by atoms with Crippen LogP contribution in [0.4, 0.5) is 10.5 Å². The number of nitro groups is 1. The fraction of sp³-hybridized carbons (Fsp3) is 0.176. The van der Waals surface area contributed by atoms with Gasteiger partial charge in [0, 0.05) is 23.3 Å². The lowest BCUT2D eigenvalue weighted by atomic mass is 10.0. The summed E-state index contributed by atoms with van der Waals surface area (Å²) in [6.45, 7) is 2.33. The quantitative estimate of drug-likeness (QED) is 0.513. The summed E-state index contributed by atoms with van der Waals surface area (Å²) in [6, 6.07) is 14.4. The van der Waals surface area contributed by atoms with E-state index in [0.717, 1.165) is 6.42 Å². The summed E-state index contributed by atoms with van der Waals surface area (Å²) in [4.78, 5) is 31.7. The molecular weight excluding hydrogens is 312 g/mol. The van der Waals surface area contributed by atoms with Crippen LogP contribution in [0.25, 0.3) is 0 Å². The van der Waals surface area contributed by atoms with E-state index in [-0.39, 0.29) is 11.5 Å². The molecule has 2 aromatic rings. The predicted octanol–water partition coefficient (Wildman–Crippen LogP) is 3.32. The van der Waals surface area contributed by atoms with Gasteiger partial charge >= 0.3 is 6.09 Å². The summed E-state index contributed by atoms with van der Waals surface area (Å²) in [6.07, 6.45) is 0.130.